The van der Waals surface area contributed by atoms with E-state index in [0.717, 1.165) is 32.1 Å². The van der Waals surface area contributed by atoms with E-state index >= 15 is 0 Å². The molecule has 1 unspecified atom stereocenters. The van der Waals surface area contributed by atoms with E-state index < -0.39 is 12.1 Å². The van der Waals surface area contributed by atoms with Crippen LogP contribution in [0.5, 0.6) is 0 Å². The molecule has 2 N–H and O–H groups in total. The summed E-state index contributed by atoms with van der Waals surface area (Å²) in [7, 11) is 0. The molecule has 0 aromatic carbocycles. The van der Waals surface area contributed by atoms with Gasteiger partial charge in [0.05, 0.1) is 6.61 Å². The summed E-state index contributed by atoms with van der Waals surface area (Å²) in [5.74, 6) is -0.412. The van der Waals surface area contributed by atoms with Crippen molar-refractivity contribution in [3.8, 4) is 0 Å². The average Bonchev–Trinajstić information content (AvgIpc) is 3.12. The van der Waals surface area contributed by atoms with Crippen molar-refractivity contribution in [3.05, 3.63) is 0 Å². The first kappa shape index (κ1) is 49.4. The number of ether oxygens (including phenoxy) is 1. The van der Waals surface area contributed by atoms with Gasteiger partial charge in [-0.1, -0.05) is 251 Å². The largest absolute Gasteiger partial charge is 0.464 e. The third kappa shape index (κ3) is 41.8. The summed E-state index contributed by atoms with van der Waals surface area (Å²) in [6.45, 7) is 3.10. The quantitative estimate of drug-likeness (QED) is 0.0488. The Morgan fingerprint density at radius 2 is 0.620 bits per heavy atom. The minimum atomic E-state index is -0.933. The highest BCUT2D eigenvalue weighted by atomic mass is 16.5. The molecular formula is C46H92O4. The number of hydrogen-bond acceptors (Lipinski definition) is 4. The molecule has 0 aromatic heterocycles. The van der Waals surface area contributed by atoms with E-state index in [1.807, 2.05) is 0 Å². The molecule has 0 bridgehead atoms. The molecule has 0 saturated carbocycles. The molecule has 0 aliphatic carbocycles. The smallest absolute Gasteiger partial charge is 0.334 e. The predicted octanol–water partition coefficient (Wildman–Crippen LogP) is 14.9. The lowest BCUT2D eigenvalue weighted by Crippen LogP contribution is -2.23. The third-order valence-corrected chi connectivity index (χ3v) is 10.9. The second-order valence-electron chi connectivity index (χ2n) is 16.0. The van der Waals surface area contributed by atoms with Crippen LogP contribution in [0.4, 0.5) is 0 Å². The molecule has 0 amide bonds. The maximum absolute atomic E-state index is 12.1. The molecule has 0 spiro atoms. The standard InChI is InChI=1S/C46H92O4/c1-2-3-4-5-6-7-8-9-24-27-30-33-36-39-42-45(48)46(49)50-44-41-38-35-32-29-26-23-21-19-17-15-13-11-10-12-14-16-18-20-22-25-28-31-34-37-40-43-47/h45,47-48H,2-44H2,1H3. The second-order valence-corrected chi connectivity index (χ2v) is 16.0. The highest BCUT2D eigenvalue weighted by Gasteiger charge is 2.15. The number of unbranched alkanes of at least 4 members (excludes halogenated alkanes) is 38. The van der Waals surface area contributed by atoms with Crippen LogP contribution in [0.1, 0.15) is 270 Å². The molecule has 1 atom stereocenters. The Morgan fingerprint density at radius 3 is 0.900 bits per heavy atom. The Kier molecular flexibility index (Phi) is 44.0. The molecule has 4 nitrogen and oxygen atoms in total. The molecule has 0 radical (unpaired) electrons. The number of carbonyl (C=O) groups excluding carboxylic acids is 1. The van der Waals surface area contributed by atoms with Crippen molar-refractivity contribution in [3.63, 3.8) is 0 Å². The molecule has 0 saturated heterocycles. The topological polar surface area (TPSA) is 66.8 Å². The highest BCUT2D eigenvalue weighted by molar-refractivity contribution is 5.74. The predicted molar refractivity (Wildman–Crippen MR) is 219 cm³/mol. The number of aliphatic hydroxyl groups excluding tert-OH is 2. The monoisotopic (exact) mass is 709 g/mol. The first-order valence-electron chi connectivity index (χ1n) is 23.2. The van der Waals surface area contributed by atoms with Crippen LogP contribution in [0.2, 0.25) is 0 Å². The van der Waals surface area contributed by atoms with Gasteiger partial charge in [0.1, 0.15) is 0 Å². The fourth-order valence-electron chi connectivity index (χ4n) is 7.38. The first-order chi connectivity index (χ1) is 24.7. The maximum Gasteiger partial charge on any atom is 0.334 e. The number of carbonyl (C=O) groups is 1. The molecule has 0 aliphatic heterocycles. The van der Waals surface area contributed by atoms with Crippen molar-refractivity contribution in [1.82, 2.24) is 0 Å². The first-order valence-corrected chi connectivity index (χ1v) is 23.2. The van der Waals surface area contributed by atoms with Crippen molar-refractivity contribution in [2.24, 2.45) is 0 Å². The summed E-state index contributed by atoms with van der Waals surface area (Å²) in [6, 6.07) is 0. The average molecular weight is 709 g/mol. The van der Waals surface area contributed by atoms with Crippen molar-refractivity contribution in [2.45, 2.75) is 276 Å². The van der Waals surface area contributed by atoms with Crippen LogP contribution >= 0.6 is 0 Å². The van der Waals surface area contributed by atoms with Crippen molar-refractivity contribution < 1.29 is 19.7 Å². The van der Waals surface area contributed by atoms with Gasteiger partial charge < -0.3 is 14.9 Å². The molecule has 0 aliphatic rings. The minimum absolute atomic E-state index is 0.362. The van der Waals surface area contributed by atoms with Gasteiger partial charge in [-0.3, -0.25) is 0 Å². The summed E-state index contributed by atoms with van der Waals surface area (Å²) >= 11 is 0. The van der Waals surface area contributed by atoms with Crippen molar-refractivity contribution >= 4 is 5.97 Å². The van der Waals surface area contributed by atoms with Gasteiger partial charge in [-0.25, -0.2) is 4.79 Å². The van der Waals surface area contributed by atoms with E-state index in [9.17, 15) is 9.90 Å². The van der Waals surface area contributed by atoms with Gasteiger partial charge >= 0.3 is 5.97 Å². The van der Waals surface area contributed by atoms with E-state index in [-0.39, 0.29) is 0 Å². The maximum atomic E-state index is 12.1. The normalized spacial score (nSPS) is 12.1. The van der Waals surface area contributed by atoms with Gasteiger partial charge in [-0.05, 0) is 19.3 Å². The van der Waals surface area contributed by atoms with Crippen LogP contribution in [-0.4, -0.2) is 35.5 Å². The summed E-state index contributed by atoms with van der Waals surface area (Å²) in [6.07, 6.45) is 53.0. The van der Waals surface area contributed by atoms with Crippen LogP contribution in [0.25, 0.3) is 0 Å². The van der Waals surface area contributed by atoms with E-state index in [1.54, 1.807) is 0 Å². The van der Waals surface area contributed by atoms with Crippen LogP contribution in [0.3, 0.4) is 0 Å². The van der Waals surface area contributed by atoms with Crippen LogP contribution in [-0.2, 0) is 9.53 Å². The minimum Gasteiger partial charge on any atom is -0.464 e. The summed E-state index contributed by atoms with van der Waals surface area (Å²) in [4.78, 5) is 12.1. The zero-order valence-corrected chi connectivity index (χ0v) is 34.2. The van der Waals surface area contributed by atoms with E-state index in [0.29, 0.717) is 19.6 Å². The van der Waals surface area contributed by atoms with Gasteiger partial charge in [0.25, 0.3) is 0 Å². The van der Waals surface area contributed by atoms with Gasteiger partial charge in [-0.15, -0.1) is 0 Å². The zero-order chi connectivity index (χ0) is 36.3. The Balaban J connectivity index is 3.22. The SMILES string of the molecule is CCCCCCCCCCCCCCCCC(O)C(=O)OCCCCCCCCCCCCCCCCCCCCCCCCCCCCO. The lowest BCUT2D eigenvalue weighted by atomic mass is 10.0. The van der Waals surface area contributed by atoms with Gasteiger partial charge in [0, 0.05) is 6.61 Å². The van der Waals surface area contributed by atoms with Gasteiger partial charge in [0.15, 0.2) is 6.10 Å². The summed E-state index contributed by atoms with van der Waals surface area (Å²) < 4.78 is 5.34. The molecule has 300 valence electrons. The van der Waals surface area contributed by atoms with E-state index in [2.05, 4.69) is 6.92 Å². The summed E-state index contributed by atoms with van der Waals surface area (Å²) in [5.41, 5.74) is 0. The second kappa shape index (κ2) is 44.6. The Hall–Kier alpha value is -0.610. The lowest BCUT2D eigenvalue weighted by Gasteiger charge is -2.10. The molecule has 0 rings (SSSR count). The summed E-state index contributed by atoms with van der Waals surface area (Å²) in [5, 5.41) is 18.9. The number of rotatable bonds is 44. The van der Waals surface area contributed by atoms with Crippen LogP contribution in [0.15, 0.2) is 0 Å². The highest BCUT2D eigenvalue weighted by Crippen LogP contribution is 2.17. The van der Waals surface area contributed by atoms with E-state index in [1.165, 1.54) is 225 Å². The Morgan fingerprint density at radius 1 is 0.380 bits per heavy atom. The molecule has 0 aromatic rings. The number of hydrogen-bond donors (Lipinski definition) is 2. The van der Waals surface area contributed by atoms with Crippen molar-refractivity contribution in [1.29, 1.82) is 0 Å². The van der Waals surface area contributed by atoms with Gasteiger partial charge in [-0.2, -0.15) is 0 Å². The van der Waals surface area contributed by atoms with Crippen LogP contribution < -0.4 is 0 Å². The fourth-order valence-corrected chi connectivity index (χ4v) is 7.38. The van der Waals surface area contributed by atoms with Gasteiger partial charge in [0.2, 0.25) is 0 Å². The molecular weight excluding hydrogens is 617 g/mol. The lowest BCUT2D eigenvalue weighted by molar-refractivity contribution is -0.154. The van der Waals surface area contributed by atoms with Crippen LogP contribution in [0, 0.1) is 0 Å². The number of aliphatic hydroxyl groups is 2. The Labute approximate surface area is 314 Å². The molecule has 0 fully saturated rings. The molecule has 4 heteroatoms. The third-order valence-electron chi connectivity index (χ3n) is 10.9. The molecule has 50 heavy (non-hydrogen) atoms. The Bertz CT molecular complexity index is 623. The zero-order valence-electron chi connectivity index (χ0n) is 34.2. The number of esters is 1. The fraction of sp³-hybridized carbons (Fsp3) is 0.978. The molecule has 0 heterocycles. The van der Waals surface area contributed by atoms with E-state index in [4.69, 9.17) is 9.84 Å². The van der Waals surface area contributed by atoms with Crippen molar-refractivity contribution in [2.75, 3.05) is 13.2 Å².